The Labute approximate surface area is 199 Å². The van der Waals surface area contributed by atoms with Crippen molar-refractivity contribution in [1.29, 1.82) is 0 Å². The van der Waals surface area contributed by atoms with E-state index in [1.807, 2.05) is 38.1 Å². The number of hydrogen-bond acceptors (Lipinski definition) is 7. The summed E-state index contributed by atoms with van der Waals surface area (Å²) in [5, 5.41) is 11.4. The van der Waals surface area contributed by atoms with Crippen molar-refractivity contribution >= 4 is 56.5 Å². The van der Waals surface area contributed by atoms with E-state index >= 15 is 0 Å². The number of amidine groups is 1. The molecule has 0 N–H and O–H groups in total. The highest BCUT2D eigenvalue weighted by Crippen LogP contribution is 2.36. The summed E-state index contributed by atoms with van der Waals surface area (Å²) in [6.45, 7) is 4.00. The van der Waals surface area contributed by atoms with Gasteiger partial charge in [-0.15, -0.1) is 0 Å². The largest absolute Gasteiger partial charge is 0.546 e. The van der Waals surface area contributed by atoms with E-state index in [0.717, 1.165) is 10.2 Å². The van der Waals surface area contributed by atoms with Gasteiger partial charge in [-0.2, -0.15) is 0 Å². The lowest BCUT2D eigenvalue weighted by Gasteiger charge is -2.17. The third-order valence-corrected chi connectivity index (χ3v) is 5.84. The minimum Gasteiger partial charge on any atom is -0.546 e. The monoisotopic (exact) mass is 517 g/mol. The van der Waals surface area contributed by atoms with E-state index in [0.29, 0.717) is 33.6 Å². The second-order valence-electron chi connectivity index (χ2n) is 7.36. The molecule has 1 saturated heterocycles. The molecule has 9 heteroatoms. The first-order valence-corrected chi connectivity index (χ1v) is 11.4. The Morgan fingerprint density at radius 1 is 1.25 bits per heavy atom. The molecular formula is C23H22BrN2O5S-. The molecule has 0 unspecified atom stereocenters. The zero-order valence-corrected chi connectivity index (χ0v) is 20.2. The van der Waals surface area contributed by atoms with Gasteiger partial charge < -0.3 is 19.4 Å². The Hall–Kier alpha value is -2.78. The molecule has 2 aromatic rings. The molecule has 0 spiro atoms. The minimum atomic E-state index is -1.32. The number of carbonyl (C=O) groups is 2. The number of hydrogen-bond donors (Lipinski definition) is 0. The van der Waals surface area contributed by atoms with Crippen LogP contribution in [0.4, 0.5) is 5.69 Å². The van der Waals surface area contributed by atoms with Gasteiger partial charge in [0.15, 0.2) is 5.17 Å². The van der Waals surface area contributed by atoms with Gasteiger partial charge in [0.25, 0.3) is 5.91 Å². The molecule has 0 radical (unpaired) electrons. The fourth-order valence-electron chi connectivity index (χ4n) is 2.93. The molecule has 0 atom stereocenters. The molecule has 1 amide bonds. The molecule has 0 aliphatic carbocycles. The van der Waals surface area contributed by atoms with Crippen LogP contribution in [0.15, 0.2) is 56.8 Å². The molecule has 1 aliphatic rings. The number of rotatable bonds is 8. The van der Waals surface area contributed by atoms with Crippen molar-refractivity contribution in [2.45, 2.75) is 13.8 Å². The number of thioether (sulfide) groups is 1. The highest BCUT2D eigenvalue weighted by atomic mass is 79.9. The van der Waals surface area contributed by atoms with E-state index in [2.05, 4.69) is 20.9 Å². The van der Waals surface area contributed by atoms with Gasteiger partial charge in [-0.1, -0.05) is 29.8 Å². The predicted molar refractivity (Wildman–Crippen MR) is 127 cm³/mol. The molecule has 0 aromatic heterocycles. The van der Waals surface area contributed by atoms with Crippen molar-refractivity contribution in [2.75, 3.05) is 20.3 Å². The van der Waals surface area contributed by atoms with E-state index in [9.17, 15) is 14.7 Å². The number of amides is 1. The van der Waals surface area contributed by atoms with Crippen molar-refractivity contribution in [1.82, 2.24) is 4.90 Å². The smallest absolute Gasteiger partial charge is 0.266 e. The van der Waals surface area contributed by atoms with E-state index in [1.54, 1.807) is 36.3 Å². The number of methoxy groups -OCH3 is 1. The molecule has 2 aromatic carbocycles. The Kier molecular flexibility index (Phi) is 7.98. The Morgan fingerprint density at radius 3 is 2.59 bits per heavy atom. The maximum Gasteiger partial charge on any atom is 0.266 e. The van der Waals surface area contributed by atoms with Crippen molar-refractivity contribution in [3.8, 4) is 11.5 Å². The van der Waals surface area contributed by atoms with Gasteiger partial charge in [0.05, 0.1) is 23.7 Å². The van der Waals surface area contributed by atoms with E-state index in [4.69, 9.17) is 9.47 Å². The van der Waals surface area contributed by atoms with Crippen molar-refractivity contribution in [3.05, 3.63) is 57.4 Å². The maximum atomic E-state index is 13.2. The Bertz CT molecular complexity index is 1070. The summed E-state index contributed by atoms with van der Waals surface area (Å²) in [7, 11) is 1.60. The minimum absolute atomic E-state index is 0.165. The summed E-state index contributed by atoms with van der Waals surface area (Å²) in [6, 6.07) is 12.4. The van der Waals surface area contributed by atoms with Crippen LogP contribution < -0.4 is 14.6 Å². The highest BCUT2D eigenvalue weighted by molar-refractivity contribution is 9.10. The molecule has 7 nitrogen and oxygen atoms in total. The number of ether oxygens (including phenoxy) is 2. The van der Waals surface area contributed by atoms with Crippen LogP contribution in [0.5, 0.6) is 11.5 Å². The molecule has 3 rings (SSSR count). The number of carboxylic acids is 1. The van der Waals surface area contributed by atoms with Crippen molar-refractivity contribution in [3.63, 3.8) is 0 Å². The van der Waals surface area contributed by atoms with Gasteiger partial charge in [-0.05, 0) is 66.2 Å². The number of carbonyl (C=O) groups excluding carboxylic acids is 2. The van der Waals surface area contributed by atoms with E-state index in [1.165, 1.54) is 11.8 Å². The average molecular weight is 518 g/mol. The van der Waals surface area contributed by atoms with Crippen LogP contribution in [-0.2, 0) is 9.59 Å². The third-order valence-electron chi connectivity index (χ3n) is 4.34. The van der Waals surface area contributed by atoms with Crippen LogP contribution in [-0.4, -0.2) is 42.2 Å². The zero-order chi connectivity index (χ0) is 23.3. The number of carboxylic acid groups (broad SMARTS) is 1. The first kappa shape index (κ1) is 23.9. The third kappa shape index (κ3) is 6.14. The van der Waals surface area contributed by atoms with Gasteiger partial charge in [0.1, 0.15) is 18.1 Å². The predicted octanol–water partition coefficient (Wildman–Crippen LogP) is 3.85. The summed E-state index contributed by atoms with van der Waals surface area (Å²) in [4.78, 5) is 30.8. The summed E-state index contributed by atoms with van der Waals surface area (Å²) < 4.78 is 11.3. The number of aliphatic imine (C=N–C) groups is 1. The molecule has 0 saturated carbocycles. The van der Waals surface area contributed by atoms with Crippen molar-refractivity contribution in [2.24, 2.45) is 10.9 Å². The van der Waals surface area contributed by atoms with Gasteiger partial charge in [-0.25, -0.2) is 4.99 Å². The van der Waals surface area contributed by atoms with E-state index in [-0.39, 0.29) is 11.8 Å². The van der Waals surface area contributed by atoms with E-state index < -0.39 is 12.6 Å². The lowest BCUT2D eigenvalue weighted by atomic mass is 10.1. The van der Waals surface area contributed by atoms with Crippen LogP contribution in [0.1, 0.15) is 19.4 Å². The average Bonchev–Trinajstić information content (AvgIpc) is 3.02. The second-order valence-corrected chi connectivity index (χ2v) is 9.28. The number of nitrogens with zero attached hydrogens (tertiary/aromatic N) is 2. The first-order valence-electron chi connectivity index (χ1n) is 9.83. The van der Waals surface area contributed by atoms with Gasteiger partial charge in [0, 0.05) is 16.6 Å². The molecule has 32 heavy (non-hydrogen) atoms. The van der Waals surface area contributed by atoms with Crippen LogP contribution in [0.2, 0.25) is 0 Å². The summed E-state index contributed by atoms with van der Waals surface area (Å²) in [5.74, 6) is -0.179. The number of aliphatic carboxylic acids is 1. The molecule has 1 heterocycles. The number of halogens is 1. The topological polar surface area (TPSA) is 91.3 Å². The summed E-state index contributed by atoms with van der Waals surface area (Å²) in [5.41, 5.74) is 1.28. The normalized spacial score (nSPS) is 16.3. The molecule has 1 fully saturated rings. The SMILES string of the molecule is COc1ccc(N=C2S/C(=C\c3cc(Br)ccc3OCC(=O)[O-])C(=O)N2CC(C)C)cc1. The molecule has 1 aliphatic heterocycles. The van der Waals surface area contributed by atoms with Crippen LogP contribution >= 0.6 is 27.7 Å². The van der Waals surface area contributed by atoms with Gasteiger partial charge >= 0.3 is 0 Å². The summed E-state index contributed by atoms with van der Waals surface area (Å²) >= 11 is 4.67. The Morgan fingerprint density at radius 2 is 1.97 bits per heavy atom. The fraction of sp³-hybridized carbons (Fsp3) is 0.261. The fourth-order valence-corrected chi connectivity index (χ4v) is 4.30. The van der Waals surface area contributed by atoms with Gasteiger partial charge in [-0.3, -0.25) is 9.69 Å². The van der Waals surface area contributed by atoms with Gasteiger partial charge in [0.2, 0.25) is 0 Å². The van der Waals surface area contributed by atoms with Crippen LogP contribution in [0.3, 0.4) is 0 Å². The van der Waals surface area contributed by atoms with Crippen LogP contribution in [0, 0.1) is 5.92 Å². The van der Waals surface area contributed by atoms with Crippen LogP contribution in [0.25, 0.3) is 6.08 Å². The standard InChI is InChI=1S/C23H23BrN2O5S/c1-14(2)12-26-22(29)20(32-23(26)25-17-5-7-18(30-3)8-6-17)11-15-10-16(24)4-9-19(15)31-13-21(27)28/h4-11,14H,12-13H2,1-3H3,(H,27,28)/p-1/b20-11-,25-23?. The molecule has 168 valence electrons. The quantitative estimate of drug-likeness (QED) is 0.494. The maximum absolute atomic E-state index is 13.2. The Balaban J connectivity index is 1.96. The molecule has 0 bridgehead atoms. The molecular weight excluding hydrogens is 496 g/mol. The summed E-state index contributed by atoms with van der Waals surface area (Å²) in [6.07, 6.45) is 1.69. The zero-order valence-electron chi connectivity index (χ0n) is 17.8. The first-order chi connectivity index (χ1) is 15.3. The second kappa shape index (κ2) is 10.7. The lowest BCUT2D eigenvalue weighted by Crippen LogP contribution is -2.32. The van der Waals surface area contributed by atoms with Crippen molar-refractivity contribution < 1.29 is 24.2 Å². The number of benzene rings is 2. The highest BCUT2D eigenvalue weighted by Gasteiger charge is 2.34. The lowest BCUT2D eigenvalue weighted by molar-refractivity contribution is -0.307.